The Morgan fingerprint density at radius 2 is 1.96 bits per heavy atom. The van der Waals surface area contributed by atoms with E-state index < -0.39 is 28.1 Å². The minimum absolute atomic E-state index is 0.107. The van der Waals surface area contributed by atoms with Gasteiger partial charge < -0.3 is 5.32 Å². The Labute approximate surface area is 150 Å². The minimum atomic E-state index is -0.968. The van der Waals surface area contributed by atoms with Gasteiger partial charge in [0.25, 0.3) is 5.69 Å². The molecule has 1 aromatic heterocycles. The van der Waals surface area contributed by atoms with Gasteiger partial charge in [0.15, 0.2) is 0 Å². The first-order chi connectivity index (χ1) is 12.0. The number of hydrogen-bond acceptors (Lipinski definition) is 4. The fourth-order valence-electron chi connectivity index (χ4n) is 3.13. The summed E-state index contributed by atoms with van der Waals surface area (Å²) in [5.41, 5.74) is 0.760. The predicted molar refractivity (Wildman–Crippen MR) is 93.5 cm³/mol. The molecule has 25 heavy (non-hydrogen) atoms. The molecule has 126 valence electrons. The molecule has 8 heteroatoms. The fraction of sp³-hybridized carbons (Fsp3) is 0.118. The molecule has 0 saturated heterocycles. The van der Waals surface area contributed by atoms with Crippen molar-refractivity contribution < 1.29 is 14.1 Å². The van der Waals surface area contributed by atoms with Crippen molar-refractivity contribution in [3.8, 4) is 0 Å². The average Bonchev–Trinajstić information content (AvgIpc) is 2.99. The number of para-hydroxylation sites is 1. The average molecular weight is 377 g/mol. The topological polar surface area (TPSA) is 72.2 Å². The lowest BCUT2D eigenvalue weighted by Crippen LogP contribution is -2.36. The Morgan fingerprint density at radius 1 is 1.20 bits per heavy atom. The molecule has 1 amide bonds. The van der Waals surface area contributed by atoms with E-state index in [0.29, 0.717) is 26.1 Å². The van der Waals surface area contributed by atoms with E-state index >= 15 is 0 Å². The normalized spacial score (nSPS) is 19.5. The number of nitrogens with one attached hydrogen (secondary N) is 1. The number of nitro groups is 1. The van der Waals surface area contributed by atoms with Gasteiger partial charge in [-0.25, -0.2) is 4.39 Å². The van der Waals surface area contributed by atoms with Gasteiger partial charge in [-0.05, 0) is 12.1 Å². The molecule has 2 atom stereocenters. The zero-order valence-corrected chi connectivity index (χ0v) is 14.1. The summed E-state index contributed by atoms with van der Waals surface area (Å²) in [6, 6.07) is 10.0. The molecule has 5 nitrogen and oxygen atoms in total. The lowest BCUT2D eigenvalue weighted by atomic mass is 9.93. The van der Waals surface area contributed by atoms with Gasteiger partial charge in [0, 0.05) is 21.9 Å². The smallest absolute Gasteiger partial charge is 0.275 e. The van der Waals surface area contributed by atoms with E-state index in [2.05, 4.69) is 5.32 Å². The van der Waals surface area contributed by atoms with Crippen LogP contribution < -0.4 is 5.32 Å². The number of carbonyl (C=O) groups excluding carboxylic acids is 1. The highest BCUT2D eigenvalue weighted by atomic mass is 35.5. The van der Waals surface area contributed by atoms with E-state index in [9.17, 15) is 19.3 Å². The van der Waals surface area contributed by atoms with Crippen molar-refractivity contribution >= 4 is 44.6 Å². The molecule has 0 radical (unpaired) electrons. The molecule has 1 aliphatic heterocycles. The van der Waals surface area contributed by atoms with Crippen molar-refractivity contribution in [3.63, 3.8) is 0 Å². The van der Waals surface area contributed by atoms with Gasteiger partial charge in [-0.3, -0.25) is 14.9 Å². The largest absolute Gasteiger partial charge is 0.342 e. The summed E-state index contributed by atoms with van der Waals surface area (Å²) in [6.07, 6.45) is 0. The molecule has 0 aliphatic carbocycles. The van der Waals surface area contributed by atoms with Crippen LogP contribution >= 0.6 is 22.9 Å². The van der Waals surface area contributed by atoms with Crippen molar-refractivity contribution in [2.75, 3.05) is 0 Å². The van der Waals surface area contributed by atoms with Crippen LogP contribution in [0, 0.1) is 15.9 Å². The molecular weight excluding hydrogens is 367 g/mol. The second-order valence-corrected chi connectivity index (χ2v) is 7.11. The van der Waals surface area contributed by atoms with Gasteiger partial charge >= 0.3 is 0 Å². The predicted octanol–water partition coefficient (Wildman–Crippen LogP) is 4.45. The van der Waals surface area contributed by atoms with E-state index in [4.69, 9.17) is 11.6 Å². The molecule has 1 aliphatic rings. The lowest BCUT2D eigenvalue weighted by molar-refractivity contribution is -0.385. The maximum absolute atomic E-state index is 14.2. The molecule has 0 fully saturated rings. The third-order valence-corrected chi connectivity index (χ3v) is 5.92. The Hall–Kier alpha value is -2.51. The zero-order chi connectivity index (χ0) is 17.7. The molecule has 1 N–H and O–H groups in total. The van der Waals surface area contributed by atoms with Gasteiger partial charge in [-0.2, -0.15) is 0 Å². The molecule has 2 heterocycles. The van der Waals surface area contributed by atoms with Crippen LogP contribution in [0.5, 0.6) is 0 Å². The maximum atomic E-state index is 14.2. The number of hydrogen-bond donors (Lipinski definition) is 1. The first kappa shape index (κ1) is 16.0. The van der Waals surface area contributed by atoms with Gasteiger partial charge in [-0.15, -0.1) is 22.9 Å². The number of thiophene rings is 1. The molecule has 0 saturated carbocycles. The summed E-state index contributed by atoms with van der Waals surface area (Å²) in [6.45, 7) is 0. The zero-order valence-electron chi connectivity index (χ0n) is 12.5. The second kappa shape index (κ2) is 5.79. The highest BCUT2D eigenvalue weighted by Gasteiger charge is 2.38. The van der Waals surface area contributed by atoms with E-state index in [1.54, 1.807) is 30.3 Å². The number of benzene rings is 2. The molecule has 2 unspecified atom stereocenters. The van der Waals surface area contributed by atoms with E-state index in [0.717, 1.165) is 11.3 Å². The van der Waals surface area contributed by atoms with Crippen LogP contribution in [-0.2, 0) is 4.79 Å². The molecular formula is C17H10ClFN2O3S. The minimum Gasteiger partial charge on any atom is -0.342 e. The first-order valence-electron chi connectivity index (χ1n) is 7.37. The maximum Gasteiger partial charge on any atom is 0.275 e. The van der Waals surface area contributed by atoms with Crippen LogP contribution in [0.15, 0.2) is 42.5 Å². The Morgan fingerprint density at radius 3 is 2.72 bits per heavy atom. The van der Waals surface area contributed by atoms with E-state index in [1.807, 2.05) is 0 Å². The number of nitro benzene ring substituents is 1. The van der Waals surface area contributed by atoms with Crippen molar-refractivity contribution in [3.05, 3.63) is 74.4 Å². The number of amides is 1. The lowest BCUT2D eigenvalue weighted by Gasteiger charge is -2.27. The summed E-state index contributed by atoms with van der Waals surface area (Å²) in [5, 5.41) is 13.7. The van der Waals surface area contributed by atoms with Crippen molar-refractivity contribution in [2.24, 2.45) is 0 Å². The van der Waals surface area contributed by atoms with Gasteiger partial charge in [0.05, 0.1) is 21.2 Å². The van der Waals surface area contributed by atoms with Crippen LogP contribution in [0.1, 0.15) is 27.4 Å². The summed E-state index contributed by atoms with van der Waals surface area (Å²) < 4.78 is 14.6. The van der Waals surface area contributed by atoms with Crippen molar-refractivity contribution in [2.45, 2.75) is 11.4 Å². The van der Waals surface area contributed by atoms with Crippen LogP contribution in [-0.4, -0.2) is 10.8 Å². The quantitative estimate of drug-likeness (QED) is 0.408. The molecule has 0 bridgehead atoms. The third-order valence-electron chi connectivity index (χ3n) is 4.21. The van der Waals surface area contributed by atoms with Crippen LogP contribution in [0.25, 0.3) is 10.1 Å². The Bertz CT molecular complexity index is 1040. The monoisotopic (exact) mass is 376 g/mol. The third kappa shape index (κ3) is 2.39. The summed E-state index contributed by atoms with van der Waals surface area (Å²) in [7, 11) is 0. The molecule has 2 aromatic carbocycles. The van der Waals surface area contributed by atoms with Gasteiger partial charge in [0.1, 0.15) is 11.2 Å². The summed E-state index contributed by atoms with van der Waals surface area (Å²) >= 11 is 7.42. The Kier molecular flexibility index (Phi) is 3.70. The number of fused-ring (bicyclic) bond motifs is 3. The second-order valence-electron chi connectivity index (χ2n) is 5.62. The number of nitrogens with zero attached hydrogens (tertiary/aromatic N) is 1. The molecule has 0 spiro atoms. The summed E-state index contributed by atoms with van der Waals surface area (Å²) in [5.74, 6) is -0.865. The first-order valence-corrected chi connectivity index (χ1v) is 8.63. The number of carbonyl (C=O) groups is 1. The SMILES string of the molecule is O=C1NC(c2ccccc2[N+](=O)[O-])c2sc3c(F)cccc3c2C1Cl. The highest BCUT2D eigenvalue weighted by molar-refractivity contribution is 7.19. The van der Waals surface area contributed by atoms with E-state index in [-0.39, 0.29) is 5.69 Å². The number of rotatable bonds is 2. The van der Waals surface area contributed by atoms with Crippen molar-refractivity contribution in [1.29, 1.82) is 0 Å². The Balaban J connectivity index is 2.01. The summed E-state index contributed by atoms with van der Waals surface area (Å²) in [4.78, 5) is 23.8. The molecule has 3 aromatic rings. The van der Waals surface area contributed by atoms with Crippen LogP contribution in [0.3, 0.4) is 0 Å². The van der Waals surface area contributed by atoms with E-state index in [1.165, 1.54) is 12.1 Å². The standard InChI is InChI=1S/C17H10ClFN2O3S/c18-13-12-9-5-3-6-10(19)15(9)25-16(12)14(20-17(13)22)8-4-1-2-7-11(8)21(23)24/h1-7,13-14H,(H,20,22). The van der Waals surface area contributed by atoms with Crippen LogP contribution in [0.4, 0.5) is 10.1 Å². The molecule has 4 rings (SSSR count). The van der Waals surface area contributed by atoms with Gasteiger partial charge in [0.2, 0.25) is 5.91 Å². The number of alkyl halides is 1. The van der Waals surface area contributed by atoms with Gasteiger partial charge in [-0.1, -0.05) is 24.3 Å². The number of halogens is 2. The van der Waals surface area contributed by atoms with Crippen LogP contribution in [0.2, 0.25) is 0 Å². The van der Waals surface area contributed by atoms with Crippen molar-refractivity contribution in [1.82, 2.24) is 5.32 Å². The fourth-order valence-corrected chi connectivity index (χ4v) is 4.80. The highest BCUT2D eigenvalue weighted by Crippen LogP contribution is 2.47.